The third-order valence-electron chi connectivity index (χ3n) is 2.37. The van der Waals surface area contributed by atoms with Crippen molar-refractivity contribution in [3.63, 3.8) is 0 Å². The lowest BCUT2D eigenvalue weighted by Gasteiger charge is -2.07. The van der Waals surface area contributed by atoms with Gasteiger partial charge in [0.15, 0.2) is 5.78 Å². The smallest absolute Gasteiger partial charge is 0.164 e. The monoisotopic (exact) mass is 274 g/mol. The van der Waals surface area contributed by atoms with Crippen LogP contribution in [0.3, 0.4) is 0 Å². The third kappa shape index (κ3) is 1.41. The summed E-state index contributed by atoms with van der Waals surface area (Å²) in [4.78, 5) is 12.0. The number of hydrogen-bond acceptors (Lipinski definition) is 2. The van der Waals surface area contributed by atoms with Gasteiger partial charge in [0.1, 0.15) is 5.82 Å². The number of Topliss-reactive ketones (excluding diaryl/α,β-unsaturated/α-hetero) is 1. The van der Waals surface area contributed by atoms with Crippen LogP contribution < -0.4 is 0 Å². The van der Waals surface area contributed by atoms with Crippen LogP contribution in [0.4, 0.5) is 4.39 Å². The van der Waals surface area contributed by atoms with E-state index < -0.39 is 0 Å². The molecule has 0 saturated carbocycles. The highest BCUT2D eigenvalue weighted by Crippen LogP contribution is 2.37. The average molecular weight is 275 g/mol. The fraction of sp³-hybridized carbons (Fsp3) is 0.300. The largest absolute Gasteiger partial charge is 0.294 e. The molecule has 1 aromatic carbocycles. The third-order valence-corrected chi connectivity index (χ3v) is 3.89. The molecule has 2 rings (SSSR count). The molecule has 0 aliphatic heterocycles. The quantitative estimate of drug-likeness (QED) is 0.730. The maximum absolute atomic E-state index is 13.5. The van der Waals surface area contributed by atoms with Crippen molar-refractivity contribution in [1.29, 1.82) is 0 Å². The number of benzene rings is 1. The van der Waals surface area contributed by atoms with E-state index in [0.717, 1.165) is 12.0 Å². The second-order valence-corrected chi connectivity index (χ2v) is 4.82. The molecule has 0 N–H and O–H groups in total. The molecule has 0 fully saturated rings. The number of hydrogen-bond donors (Lipinski definition) is 0. The van der Waals surface area contributed by atoms with E-state index in [-0.39, 0.29) is 11.6 Å². The molecular weight excluding hydrogens is 267 g/mol. The van der Waals surface area contributed by atoms with Crippen LogP contribution in [-0.2, 0) is 6.42 Å². The van der Waals surface area contributed by atoms with Crippen molar-refractivity contribution in [2.45, 2.75) is 17.7 Å². The van der Waals surface area contributed by atoms with E-state index in [1.807, 2.05) is 0 Å². The van der Waals surface area contributed by atoms with E-state index in [9.17, 15) is 9.18 Å². The Hall–Kier alpha value is -0.350. The normalized spacial score (nSPS) is 14.6. The zero-order valence-electron chi connectivity index (χ0n) is 7.56. The van der Waals surface area contributed by atoms with Crippen LogP contribution in [0.25, 0.3) is 0 Å². The van der Waals surface area contributed by atoms with Gasteiger partial charge in [-0.2, -0.15) is 0 Å². The second-order valence-electron chi connectivity index (χ2n) is 3.15. The Balaban J connectivity index is 2.74. The van der Waals surface area contributed by atoms with Gasteiger partial charge < -0.3 is 0 Å². The molecular formula is C10H8BrFOS. The van der Waals surface area contributed by atoms with E-state index in [4.69, 9.17) is 0 Å². The number of halogens is 2. The summed E-state index contributed by atoms with van der Waals surface area (Å²) in [5.41, 5.74) is 1.55. The first-order valence-electron chi connectivity index (χ1n) is 4.23. The molecule has 0 aromatic heterocycles. The summed E-state index contributed by atoms with van der Waals surface area (Å²) >= 11 is 4.58. The molecule has 74 valence electrons. The van der Waals surface area contributed by atoms with Crippen LogP contribution in [-0.4, -0.2) is 12.0 Å². The minimum Gasteiger partial charge on any atom is -0.294 e. The van der Waals surface area contributed by atoms with Crippen LogP contribution >= 0.6 is 27.7 Å². The summed E-state index contributed by atoms with van der Waals surface area (Å²) in [6.45, 7) is 0. The molecule has 0 radical (unpaired) electrons. The average Bonchev–Trinajstić information content (AvgIpc) is 2.50. The highest BCUT2D eigenvalue weighted by Gasteiger charge is 2.27. The van der Waals surface area contributed by atoms with Crippen molar-refractivity contribution >= 4 is 33.5 Å². The molecule has 1 nitrogen and oxygen atoms in total. The van der Waals surface area contributed by atoms with E-state index in [2.05, 4.69) is 15.9 Å². The lowest BCUT2D eigenvalue weighted by atomic mass is 10.1. The topological polar surface area (TPSA) is 17.1 Å². The van der Waals surface area contributed by atoms with Crippen LogP contribution in [0.1, 0.15) is 22.3 Å². The maximum atomic E-state index is 13.5. The number of thioether (sulfide) groups is 1. The summed E-state index contributed by atoms with van der Waals surface area (Å²) in [5.74, 6) is -0.247. The van der Waals surface area contributed by atoms with Gasteiger partial charge in [0, 0.05) is 16.5 Å². The Morgan fingerprint density at radius 3 is 2.86 bits per heavy atom. The minimum absolute atomic E-state index is 0.0598. The van der Waals surface area contributed by atoms with Crippen molar-refractivity contribution in [3.05, 3.63) is 27.5 Å². The van der Waals surface area contributed by atoms with E-state index >= 15 is 0 Å². The number of ketones is 1. The minimum atomic E-state index is -0.307. The van der Waals surface area contributed by atoms with Crippen LogP contribution in [0.2, 0.25) is 0 Å². The van der Waals surface area contributed by atoms with Crippen molar-refractivity contribution in [2.24, 2.45) is 0 Å². The molecule has 1 aliphatic rings. The number of fused-ring (bicyclic) bond motifs is 1. The Morgan fingerprint density at radius 2 is 2.21 bits per heavy atom. The molecule has 1 aromatic rings. The molecule has 0 amide bonds. The first-order chi connectivity index (χ1) is 6.65. The molecule has 4 heteroatoms. The summed E-state index contributed by atoms with van der Waals surface area (Å²) in [5, 5.41) is 0. The Morgan fingerprint density at radius 1 is 1.50 bits per heavy atom. The summed E-state index contributed by atoms with van der Waals surface area (Å²) in [7, 11) is 0. The first-order valence-corrected chi connectivity index (χ1v) is 6.25. The van der Waals surface area contributed by atoms with Crippen molar-refractivity contribution in [2.75, 3.05) is 6.26 Å². The number of carbonyl (C=O) groups is 1. The van der Waals surface area contributed by atoms with Gasteiger partial charge in [-0.05, 0) is 24.3 Å². The molecule has 0 bridgehead atoms. The van der Waals surface area contributed by atoms with Crippen molar-refractivity contribution < 1.29 is 9.18 Å². The van der Waals surface area contributed by atoms with Crippen LogP contribution in [0.5, 0.6) is 0 Å². The fourth-order valence-electron chi connectivity index (χ4n) is 1.74. The zero-order chi connectivity index (χ0) is 10.3. The van der Waals surface area contributed by atoms with Gasteiger partial charge in [-0.1, -0.05) is 15.9 Å². The molecule has 1 aliphatic carbocycles. The summed E-state index contributed by atoms with van der Waals surface area (Å²) < 4.78 is 14.2. The predicted molar refractivity (Wildman–Crippen MR) is 58.5 cm³/mol. The SMILES string of the molecule is CSc1c(F)cc(Br)c2c1C(=O)CC2. The second kappa shape index (κ2) is 3.66. The van der Waals surface area contributed by atoms with Crippen LogP contribution in [0, 0.1) is 5.82 Å². The molecule has 14 heavy (non-hydrogen) atoms. The van der Waals surface area contributed by atoms with E-state index in [1.165, 1.54) is 17.8 Å². The Kier molecular flexibility index (Phi) is 2.66. The number of carbonyl (C=O) groups excluding carboxylic acids is 1. The fourth-order valence-corrected chi connectivity index (χ4v) is 3.03. The van der Waals surface area contributed by atoms with Gasteiger partial charge in [0.25, 0.3) is 0 Å². The van der Waals surface area contributed by atoms with Gasteiger partial charge >= 0.3 is 0 Å². The van der Waals surface area contributed by atoms with Crippen molar-refractivity contribution in [1.82, 2.24) is 0 Å². The standard InChI is InChI=1S/C10H8BrFOS/c1-14-10-7(12)4-6(11)5-2-3-8(13)9(5)10/h4H,2-3H2,1H3. The molecule has 0 spiro atoms. The van der Waals surface area contributed by atoms with Gasteiger partial charge in [-0.25, -0.2) is 4.39 Å². The summed E-state index contributed by atoms with van der Waals surface area (Å²) in [6.07, 6.45) is 3.02. The Labute approximate surface area is 94.2 Å². The van der Waals surface area contributed by atoms with E-state index in [1.54, 1.807) is 6.26 Å². The van der Waals surface area contributed by atoms with Crippen LogP contribution in [0.15, 0.2) is 15.4 Å². The number of rotatable bonds is 1. The zero-order valence-corrected chi connectivity index (χ0v) is 9.97. The maximum Gasteiger partial charge on any atom is 0.164 e. The van der Waals surface area contributed by atoms with Gasteiger partial charge in [-0.15, -0.1) is 11.8 Å². The molecule has 0 heterocycles. The highest BCUT2D eigenvalue weighted by molar-refractivity contribution is 9.10. The predicted octanol–water partition coefficient (Wildman–Crippen LogP) is 3.44. The molecule has 0 saturated heterocycles. The van der Waals surface area contributed by atoms with Gasteiger partial charge in [0.05, 0.1) is 4.90 Å². The lowest BCUT2D eigenvalue weighted by molar-refractivity contribution is 0.0991. The highest BCUT2D eigenvalue weighted by atomic mass is 79.9. The molecule has 0 unspecified atom stereocenters. The lowest BCUT2D eigenvalue weighted by Crippen LogP contribution is -1.98. The first kappa shape index (κ1) is 10.2. The summed E-state index contributed by atoms with van der Waals surface area (Å²) in [6, 6.07) is 1.45. The molecule has 0 atom stereocenters. The van der Waals surface area contributed by atoms with E-state index in [0.29, 0.717) is 21.4 Å². The van der Waals surface area contributed by atoms with Gasteiger partial charge in [0.2, 0.25) is 0 Å². The van der Waals surface area contributed by atoms with Gasteiger partial charge in [-0.3, -0.25) is 4.79 Å². The van der Waals surface area contributed by atoms with Crippen molar-refractivity contribution in [3.8, 4) is 0 Å². The Bertz CT molecular complexity index is 417.